The molecule has 2 rings (SSSR count). The van der Waals surface area contributed by atoms with Gasteiger partial charge in [0.1, 0.15) is 0 Å². The van der Waals surface area contributed by atoms with E-state index in [4.69, 9.17) is 0 Å². The third kappa shape index (κ3) is 4.97. The Morgan fingerprint density at radius 1 is 1.18 bits per heavy atom. The average molecular weight is 300 g/mol. The zero-order chi connectivity index (χ0) is 15.8. The van der Waals surface area contributed by atoms with Gasteiger partial charge >= 0.3 is 0 Å². The second-order valence-corrected chi connectivity index (χ2v) is 6.29. The number of carbonyl (C=O) groups is 1. The van der Waals surface area contributed by atoms with Gasteiger partial charge in [-0.1, -0.05) is 56.9 Å². The van der Waals surface area contributed by atoms with Crippen LogP contribution in [0.4, 0.5) is 0 Å². The fourth-order valence-corrected chi connectivity index (χ4v) is 3.04. The Hall–Kier alpha value is -1.64. The lowest BCUT2D eigenvalue weighted by Gasteiger charge is -2.22. The molecule has 1 aromatic carbocycles. The molecule has 1 fully saturated rings. The van der Waals surface area contributed by atoms with Gasteiger partial charge in [-0.25, -0.2) is 5.43 Å². The summed E-state index contributed by atoms with van der Waals surface area (Å²) in [4.78, 5) is 11.6. The summed E-state index contributed by atoms with van der Waals surface area (Å²) in [5, 5.41) is 4.21. The summed E-state index contributed by atoms with van der Waals surface area (Å²) in [5.41, 5.74) is 6.03. The largest absolute Gasteiger partial charge is 0.273 e. The quantitative estimate of drug-likeness (QED) is 0.597. The van der Waals surface area contributed by atoms with Crippen LogP contribution in [-0.2, 0) is 4.79 Å². The maximum absolute atomic E-state index is 11.6. The lowest BCUT2D eigenvalue weighted by molar-refractivity contribution is -0.121. The van der Waals surface area contributed by atoms with Gasteiger partial charge in [0.05, 0.1) is 5.71 Å². The summed E-state index contributed by atoms with van der Waals surface area (Å²) in [6, 6.07) is 8.70. The molecule has 3 nitrogen and oxygen atoms in total. The molecule has 0 aliphatic heterocycles. The van der Waals surface area contributed by atoms with Crippen LogP contribution in [0, 0.1) is 0 Å². The molecule has 120 valence electrons. The Bertz CT molecular complexity index is 499. The molecule has 0 bridgehead atoms. The predicted molar refractivity (Wildman–Crippen MR) is 92.1 cm³/mol. The Morgan fingerprint density at radius 3 is 2.50 bits per heavy atom. The van der Waals surface area contributed by atoms with Gasteiger partial charge in [-0.3, -0.25) is 4.79 Å². The number of hydrogen-bond acceptors (Lipinski definition) is 2. The molecule has 1 aliphatic carbocycles. The molecule has 1 amide bonds. The molecule has 0 atom stereocenters. The number of hydrazone groups is 1. The maximum Gasteiger partial charge on any atom is 0.240 e. The van der Waals surface area contributed by atoms with Gasteiger partial charge in [-0.05, 0) is 43.2 Å². The zero-order valence-corrected chi connectivity index (χ0v) is 13.9. The lowest BCUT2D eigenvalue weighted by atomic mass is 9.84. The van der Waals surface area contributed by atoms with Crippen molar-refractivity contribution in [2.75, 3.05) is 0 Å². The van der Waals surface area contributed by atoms with Crippen LogP contribution in [0.5, 0.6) is 0 Å². The van der Waals surface area contributed by atoms with Crippen LogP contribution < -0.4 is 5.43 Å². The van der Waals surface area contributed by atoms with Crippen LogP contribution >= 0.6 is 0 Å². The number of nitrogens with zero attached hydrogens (tertiary/aromatic N) is 1. The monoisotopic (exact) mass is 300 g/mol. The normalized spacial score (nSPS) is 16.5. The highest BCUT2D eigenvalue weighted by atomic mass is 16.2. The van der Waals surface area contributed by atoms with Gasteiger partial charge < -0.3 is 0 Å². The molecule has 1 aromatic rings. The van der Waals surface area contributed by atoms with E-state index < -0.39 is 0 Å². The maximum atomic E-state index is 11.6. The highest BCUT2D eigenvalue weighted by molar-refractivity contribution is 5.99. The molecule has 1 N–H and O–H groups in total. The van der Waals surface area contributed by atoms with Crippen molar-refractivity contribution in [3.05, 3.63) is 35.4 Å². The summed E-state index contributed by atoms with van der Waals surface area (Å²) in [6.07, 6.45) is 9.23. The minimum absolute atomic E-state index is 0.0000239. The van der Waals surface area contributed by atoms with Gasteiger partial charge in [0.25, 0.3) is 0 Å². The molecule has 1 aliphatic rings. The molecule has 0 saturated heterocycles. The Kier molecular flexibility index (Phi) is 6.63. The van der Waals surface area contributed by atoms with Crippen LogP contribution in [0.25, 0.3) is 0 Å². The number of unbranched alkanes of at least 4 members (excludes halogenated alkanes) is 1. The Morgan fingerprint density at radius 2 is 1.86 bits per heavy atom. The van der Waals surface area contributed by atoms with Crippen LogP contribution in [-0.4, -0.2) is 11.6 Å². The summed E-state index contributed by atoms with van der Waals surface area (Å²) in [6.45, 7) is 4.02. The molecule has 0 aromatic heterocycles. The van der Waals surface area contributed by atoms with Crippen molar-refractivity contribution in [1.29, 1.82) is 0 Å². The number of hydrogen-bond donors (Lipinski definition) is 1. The Balaban J connectivity index is 1.92. The van der Waals surface area contributed by atoms with Crippen LogP contribution in [0.1, 0.15) is 82.3 Å². The van der Waals surface area contributed by atoms with Crippen molar-refractivity contribution in [2.24, 2.45) is 5.10 Å². The first-order valence-electron chi connectivity index (χ1n) is 8.64. The SMILES string of the molecule is CCCCC(=O)NN=C(C)c1ccc(C2CCCCC2)cc1. The van der Waals surface area contributed by atoms with Crippen molar-refractivity contribution in [3.8, 4) is 0 Å². The molecule has 0 heterocycles. The lowest BCUT2D eigenvalue weighted by Crippen LogP contribution is -2.18. The molecule has 3 heteroatoms. The van der Waals surface area contributed by atoms with Gasteiger partial charge in [-0.15, -0.1) is 0 Å². The summed E-state index contributed by atoms with van der Waals surface area (Å²) >= 11 is 0. The minimum Gasteiger partial charge on any atom is -0.273 e. The van der Waals surface area contributed by atoms with Crippen LogP contribution in [0.3, 0.4) is 0 Å². The molecule has 0 radical (unpaired) electrons. The van der Waals surface area contributed by atoms with E-state index in [2.05, 4.69) is 41.7 Å². The van der Waals surface area contributed by atoms with Gasteiger partial charge in [-0.2, -0.15) is 5.10 Å². The molecule has 0 spiro atoms. The Labute approximate surface area is 134 Å². The van der Waals surface area contributed by atoms with E-state index >= 15 is 0 Å². The van der Waals surface area contributed by atoms with Crippen LogP contribution in [0.2, 0.25) is 0 Å². The number of rotatable bonds is 6. The molecular formula is C19H28N2O. The molecule has 22 heavy (non-hydrogen) atoms. The van der Waals surface area contributed by atoms with E-state index in [0.717, 1.165) is 30.0 Å². The number of benzene rings is 1. The first-order valence-corrected chi connectivity index (χ1v) is 8.64. The van der Waals surface area contributed by atoms with E-state index in [9.17, 15) is 4.79 Å². The summed E-state index contributed by atoms with van der Waals surface area (Å²) in [5.74, 6) is 0.730. The van der Waals surface area contributed by atoms with Gasteiger partial charge in [0.2, 0.25) is 5.91 Å². The molecular weight excluding hydrogens is 272 g/mol. The van der Waals surface area contributed by atoms with Crippen molar-refractivity contribution in [2.45, 2.75) is 71.1 Å². The van der Waals surface area contributed by atoms with E-state index in [1.807, 2.05) is 6.92 Å². The summed E-state index contributed by atoms with van der Waals surface area (Å²) < 4.78 is 0. The third-order valence-electron chi connectivity index (χ3n) is 4.51. The molecule has 0 unspecified atom stereocenters. The van der Waals surface area contributed by atoms with E-state index in [0.29, 0.717) is 6.42 Å². The van der Waals surface area contributed by atoms with E-state index in [1.54, 1.807) is 0 Å². The highest BCUT2D eigenvalue weighted by Crippen LogP contribution is 2.32. The van der Waals surface area contributed by atoms with Gasteiger partial charge in [0, 0.05) is 6.42 Å². The second-order valence-electron chi connectivity index (χ2n) is 6.29. The minimum atomic E-state index is 0.0000239. The standard InChI is InChI=1S/C19H28N2O/c1-3-4-10-19(22)21-20-15(2)16-11-13-18(14-12-16)17-8-6-5-7-9-17/h11-14,17H,3-10H2,1-2H3,(H,21,22). The van der Waals surface area contributed by atoms with Gasteiger partial charge in [0.15, 0.2) is 0 Å². The van der Waals surface area contributed by atoms with Crippen molar-refractivity contribution >= 4 is 11.6 Å². The topological polar surface area (TPSA) is 41.5 Å². The fourth-order valence-electron chi connectivity index (χ4n) is 3.04. The smallest absolute Gasteiger partial charge is 0.240 e. The predicted octanol–water partition coefficient (Wildman–Crippen LogP) is 4.76. The fraction of sp³-hybridized carbons (Fsp3) is 0.579. The first kappa shape index (κ1) is 16.7. The van der Waals surface area contributed by atoms with Crippen molar-refractivity contribution in [3.63, 3.8) is 0 Å². The zero-order valence-electron chi connectivity index (χ0n) is 13.9. The summed E-state index contributed by atoms with van der Waals surface area (Å²) in [7, 11) is 0. The molecule has 1 saturated carbocycles. The second kappa shape index (κ2) is 8.72. The third-order valence-corrected chi connectivity index (χ3v) is 4.51. The van der Waals surface area contributed by atoms with Crippen molar-refractivity contribution < 1.29 is 4.79 Å². The van der Waals surface area contributed by atoms with Crippen molar-refractivity contribution in [1.82, 2.24) is 5.43 Å². The van der Waals surface area contributed by atoms with Crippen LogP contribution in [0.15, 0.2) is 29.4 Å². The van der Waals surface area contributed by atoms with E-state index in [1.165, 1.54) is 37.7 Å². The highest BCUT2D eigenvalue weighted by Gasteiger charge is 2.15. The number of amides is 1. The number of nitrogens with one attached hydrogen (secondary N) is 1. The van der Waals surface area contributed by atoms with E-state index in [-0.39, 0.29) is 5.91 Å². The first-order chi connectivity index (χ1) is 10.7. The average Bonchev–Trinajstić information content (AvgIpc) is 2.58. The number of carbonyl (C=O) groups excluding carboxylic acids is 1.